The van der Waals surface area contributed by atoms with Crippen molar-refractivity contribution in [1.82, 2.24) is 0 Å². The summed E-state index contributed by atoms with van der Waals surface area (Å²) < 4.78 is 0. The van der Waals surface area contributed by atoms with Gasteiger partial charge in [-0.1, -0.05) is 65.2 Å². The van der Waals surface area contributed by atoms with E-state index in [1.165, 1.54) is 5.56 Å². The highest BCUT2D eigenvalue weighted by Gasteiger charge is 2.24. The average Bonchev–Trinajstić information content (AvgIpc) is 2.35. The van der Waals surface area contributed by atoms with Crippen LogP contribution in [0.25, 0.3) is 0 Å². The minimum Gasteiger partial charge on any atom is -0.385 e. The molecule has 19 heavy (non-hydrogen) atoms. The van der Waals surface area contributed by atoms with Gasteiger partial charge in [0.1, 0.15) is 0 Å². The van der Waals surface area contributed by atoms with Crippen LogP contribution < -0.4 is 0 Å². The molecule has 2 rings (SSSR count). The van der Waals surface area contributed by atoms with Crippen molar-refractivity contribution in [2.75, 3.05) is 0 Å². The Kier molecular flexibility index (Phi) is 4.19. The first-order chi connectivity index (χ1) is 8.90. The lowest BCUT2D eigenvalue weighted by Crippen LogP contribution is -2.24. The summed E-state index contributed by atoms with van der Waals surface area (Å²) in [5, 5.41) is 11.7. The summed E-state index contributed by atoms with van der Waals surface area (Å²) in [6.07, 6.45) is 0.426. The van der Waals surface area contributed by atoms with Crippen LogP contribution in [0, 0.1) is 6.92 Å². The predicted octanol–water partition coefficient (Wildman–Crippen LogP) is 4.75. The molecule has 0 aliphatic heterocycles. The van der Waals surface area contributed by atoms with Crippen molar-refractivity contribution in [2.24, 2.45) is 0 Å². The van der Waals surface area contributed by atoms with E-state index in [0.29, 0.717) is 16.5 Å². The maximum absolute atomic E-state index is 10.6. The Bertz CT molecular complexity index is 574. The Morgan fingerprint density at radius 2 is 1.68 bits per heavy atom. The number of aliphatic hydroxyl groups is 1. The molecule has 0 saturated carbocycles. The second kappa shape index (κ2) is 5.54. The first-order valence-corrected chi connectivity index (χ1v) is 6.88. The summed E-state index contributed by atoms with van der Waals surface area (Å²) in [6.45, 7) is 3.81. The van der Waals surface area contributed by atoms with Crippen molar-refractivity contribution in [3.63, 3.8) is 0 Å². The van der Waals surface area contributed by atoms with Crippen LogP contribution in [-0.2, 0) is 12.0 Å². The maximum Gasteiger partial charge on any atom is 0.0909 e. The highest BCUT2D eigenvalue weighted by atomic mass is 35.5. The highest BCUT2D eigenvalue weighted by molar-refractivity contribution is 6.42. The summed E-state index contributed by atoms with van der Waals surface area (Å²) in [5.74, 6) is 0. The molecule has 0 amide bonds. The van der Waals surface area contributed by atoms with E-state index in [9.17, 15) is 5.11 Å². The second-order valence-corrected chi connectivity index (χ2v) is 5.81. The molecule has 2 aromatic carbocycles. The van der Waals surface area contributed by atoms with Gasteiger partial charge in [0.15, 0.2) is 0 Å². The normalized spacial score (nSPS) is 14.2. The van der Waals surface area contributed by atoms with Gasteiger partial charge in [-0.05, 0) is 31.0 Å². The smallest absolute Gasteiger partial charge is 0.0909 e. The number of halogens is 2. The van der Waals surface area contributed by atoms with Gasteiger partial charge in [0.05, 0.1) is 15.6 Å². The zero-order valence-electron chi connectivity index (χ0n) is 11.0. The van der Waals surface area contributed by atoms with Crippen LogP contribution in [0.3, 0.4) is 0 Å². The molecule has 2 aromatic rings. The van der Waals surface area contributed by atoms with Gasteiger partial charge in [0.2, 0.25) is 0 Å². The van der Waals surface area contributed by atoms with Gasteiger partial charge in [-0.15, -0.1) is 0 Å². The summed E-state index contributed by atoms with van der Waals surface area (Å²) >= 11 is 12.2. The van der Waals surface area contributed by atoms with Gasteiger partial charge in [-0.2, -0.15) is 0 Å². The molecule has 0 fully saturated rings. The summed E-state index contributed by atoms with van der Waals surface area (Å²) in [5.41, 5.74) is 1.91. The van der Waals surface area contributed by atoms with Crippen LogP contribution in [0.15, 0.2) is 42.5 Å². The van der Waals surface area contributed by atoms with Crippen molar-refractivity contribution in [3.05, 3.63) is 69.2 Å². The van der Waals surface area contributed by atoms with Crippen molar-refractivity contribution >= 4 is 23.2 Å². The predicted molar refractivity (Wildman–Crippen MR) is 80.9 cm³/mol. The second-order valence-electron chi connectivity index (χ2n) is 5.03. The van der Waals surface area contributed by atoms with Gasteiger partial charge in [-0.25, -0.2) is 0 Å². The summed E-state index contributed by atoms with van der Waals surface area (Å²) in [7, 11) is 0. The number of rotatable bonds is 3. The van der Waals surface area contributed by atoms with Crippen LogP contribution in [-0.4, -0.2) is 5.11 Å². The fraction of sp³-hybridized carbons (Fsp3) is 0.250. The third kappa shape index (κ3) is 3.30. The average molecular weight is 295 g/mol. The van der Waals surface area contributed by atoms with Crippen LogP contribution >= 0.6 is 23.2 Å². The van der Waals surface area contributed by atoms with Gasteiger partial charge >= 0.3 is 0 Å². The first kappa shape index (κ1) is 14.4. The van der Waals surface area contributed by atoms with E-state index >= 15 is 0 Å². The van der Waals surface area contributed by atoms with Gasteiger partial charge in [0.25, 0.3) is 0 Å². The van der Waals surface area contributed by atoms with Crippen LogP contribution in [0.5, 0.6) is 0 Å². The van der Waals surface area contributed by atoms with Crippen molar-refractivity contribution in [2.45, 2.75) is 25.9 Å². The molecule has 0 aromatic heterocycles. The van der Waals surface area contributed by atoms with E-state index in [2.05, 4.69) is 0 Å². The van der Waals surface area contributed by atoms with E-state index in [1.54, 1.807) is 13.0 Å². The summed E-state index contributed by atoms with van der Waals surface area (Å²) in [4.78, 5) is 0. The molecular weight excluding hydrogens is 279 g/mol. The van der Waals surface area contributed by atoms with Gasteiger partial charge < -0.3 is 5.11 Å². The molecule has 0 saturated heterocycles. The zero-order valence-corrected chi connectivity index (χ0v) is 12.5. The number of hydrogen-bond donors (Lipinski definition) is 1. The molecule has 0 aliphatic rings. The lowest BCUT2D eigenvalue weighted by atomic mass is 9.88. The van der Waals surface area contributed by atoms with E-state index < -0.39 is 5.60 Å². The molecule has 1 atom stereocenters. The molecule has 0 aliphatic carbocycles. The molecule has 1 nitrogen and oxygen atoms in total. The van der Waals surface area contributed by atoms with E-state index in [1.807, 2.05) is 43.3 Å². The molecule has 3 heteroatoms. The maximum atomic E-state index is 10.6. The number of aryl methyl sites for hydroxylation is 1. The number of hydrogen-bond acceptors (Lipinski definition) is 1. The van der Waals surface area contributed by atoms with Crippen molar-refractivity contribution < 1.29 is 5.11 Å². The minimum atomic E-state index is -0.970. The monoisotopic (exact) mass is 294 g/mol. The fourth-order valence-corrected chi connectivity index (χ4v) is 2.46. The van der Waals surface area contributed by atoms with Crippen LogP contribution in [0.1, 0.15) is 23.6 Å². The molecular formula is C16H16Cl2O. The van der Waals surface area contributed by atoms with E-state index in [4.69, 9.17) is 23.2 Å². The largest absolute Gasteiger partial charge is 0.385 e. The van der Waals surface area contributed by atoms with E-state index in [-0.39, 0.29) is 0 Å². The van der Waals surface area contributed by atoms with Crippen LogP contribution in [0.4, 0.5) is 0 Å². The Morgan fingerprint density at radius 1 is 1.05 bits per heavy atom. The Morgan fingerprint density at radius 3 is 2.32 bits per heavy atom. The van der Waals surface area contributed by atoms with Gasteiger partial charge in [0, 0.05) is 6.42 Å². The van der Waals surface area contributed by atoms with E-state index in [0.717, 1.165) is 11.1 Å². The minimum absolute atomic E-state index is 0.426. The zero-order chi connectivity index (χ0) is 14.0. The standard InChI is InChI=1S/C16H16Cl2O/c1-11-6-8-13(9-7-11)16(2,19)10-12-4-3-5-14(17)15(12)18/h3-9,19H,10H2,1-2H3. The number of benzene rings is 2. The lowest BCUT2D eigenvalue weighted by Gasteiger charge is -2.25. The Balaban J connectivity index is 2.30. The molecule has 0 heterocycles. The lowest BCUT2D eigenvalue weighted by molar-refractivity contribution is 0.0576. The Hall–Kier alpha value is -1.02. The van der Waals surface area contributed by atoms with Crippen molar-refractivity contribution in [3.8, 4) is 0 Å². The van der Waals surface area contributed by atoms with Crippen LogP contribution in [0.2, 0.25) is 10.0 Å². The third-order valence-electron chi connectivity index (χ3n) is 3.24. The highest BCUT2D eigenvalue weighted by Crippen LogP contribution is 2.32. The molecule has 100 valence electrons. The molecule has 0 spiro atoms. The first-order valence-electron chi connectivity index (χ1n) is 6.12. The molecule has 0 bridgehead atoms. The van der Waals surface area contributed by atoms with Gasteiger partial charge in [-0.3, -0.25) is 0 Å². The fourth-order valence-electron chi connectivity index (χ4n) is 2.07. The third-order valence-corrected chi connectivity index (χ3v) is 4.10. The Labute approximate surface area is 123 Å². The summed E-state index contributed by atoms with van der Waals surface area (Å²) in [6, 6.07) is 13.3. The molecule has 1 N–H and O–H groups in total. The molecule has 1 unspecified atom stereocenters. The quantitative estimate of drug-likeness (QED) is 0.866. The van der Waals surface area contributed by atoms with Crippen molar-refractivity contribution in [1.29, 1.82) is 0 Å². The topological polar surface area (TPSA) is 20.2 Å². The SMILES string of the molecule is Cc1ccc(C(C)(O)Cc2cccc(Cl)c2Cl)cc1. The molecule has 0 radical (unpaired) electrons.